The van der Waals surface area contributed by atoms with Crippen molar-refractivity contribution >= 4 is 17.5 Å². The second-order valence-electron chi connectivity index (χ2n) is 11.5. The minimum atomic E-state index is -4.45. The van der Waals surface area contributed by atoms with Crippen molar-refractivity contribution in [1.29, 1.82) is 0 Å². The lowest BCUT2D eigenvalue weighted by Gasteiger charge is -2.33. The van der Waals surface area contributed by atoms with Gasteiger partial charge in [-0.25, -0.2) is 18.3 Å². The van der Waals surface area contributed by atoms with Crippen molar-refractivity contribution in [3.8, 4) is 0 Å². The summed E-state index contributed by atoms with van der Waals surface area (Å²) in [5, 5.41) is 13.9. The minimum absolute atomic E-state index is 0.0240. The minimum Gasteiger partial charge on any atom is -0.349 e. The summed E-state index contributed by atoms with van der Waals surface area (Å²) >= 11 is 0. The van der Waals surface area contributed by atoms with Gasteiger partial charge >= 0.3 is 12.8 Å². The molecule has 2 amide bonds. The molecule has 3 heterocycles. The van der Waals surface area contributed by atoms with Crippen LogP contribution in [0.2, 0.25) is 0 Å². The zero-order valence-electron chi connectivity index (χ0n) is 24.0. The number of rotatable bonds is 13. The van der Waals surface area contributed by atoms with Crippen LogP contribution in [0.5, 0.6) is 0 Å². The number of aromatic nitrogens is 5. The lowest BCUT2D eigenvalue weighted by atomic mass is 9.81. The molecular weight excluding hydrogens is 615 g/mol. The van der Waals surface area contributed by atoms with Crippen molar-refractivity contribution < 1.29 is 45.1 Å². The maximum atomic E-state index is 14.0. The monoisotopic (exact) mass is 647 g/mol. The number of fused-ring (bicyclic) bond motifs is 1. The first-order valence-electron chi connectivity index (χ1n) is 14.6. The molecule has 0 aliphatic heterocycles. The molecule has 0 radical (unpaired) electrons. The normalized spacial score (nSPS) is 18.7. The molecule has 0 bridgehead atoms. The molecule has 2 fully saturated rings. The molecule has 3 aromatic rings. The third-order valence-electron chi connectivity index (χ3n) is 8.06. The average Bonchev–Trinajstić information content (AvgIpc) is 3.54. The number of amides is 2. The Bertz CT molecular complexity index is 1480. The Kier molecular flexibility index (Phi) is 9.65. The highest BCUT2D eigenvalue weighted by Crippen LogP contribution is 2.43. The fraction of sp³-hybridized carbons (Fsp3) is 0.607. The van der Waals surface area contributed by atoms with Gasteiger partial charge in [-0.15, -0.1) is 0 Å². The van der Waals surface area contributed by atoms with Gasteiger partial charge in [0.1, 0.15) is 0 Å². The smallest absolute Gasteiger partial charge is 0.349 e. The molecule has 0 aromatic carbocycles. The highest BCUT2D eigenvalue weighted by molar-refractivity contribution is 5.94. The highest BCUT2D eigenvalue weighted by atomic mass is 19.4. The second kappa shape index (κ2) is 13.3. The number of ether oxygens (including phenoxy) is 1. The van der Waals surface area contributed by atoms with Crippen molar-refractivity contribution in [2.45, 2.75) is 88.7 Å². The third-order valence-corrected chi connectivity index (χ3v) is 8.06. The fourth-order valence-electron chi connectivity index (χ4n) is 5.53. The molecule has 0 saturated heterocycles. The first kappa shape index (κ1) is 32.6. The van der Waals surface area contributed by atoms with Crippen molar-refractivity contribution in [2.75, 3.05) is 6.61 Å². The third kappa shape index (κ3) is 8.92. The summed E-state index contributed by atoms with van der Waals surface area (Å²) in [5.74, 6) is -4.46. The molecule has 0 spiro atoms. The van der Waals surface area contributed by atoms with Crippen molar-refractivity contribution in [2.24, 2.45) is 11.8 Å². The van der Waals surface area contributed by atoms with Gasteiger partial charge in [-0.1, -0.05) is 0 Å². The number of hydrogen-bond donors (Lipinski definition) is 2. The second-order valence-corrected chi connectivity index (χ2v) is 11.5. The number of nitrogens with one attached hydrogen (secondary N) is 2. The van der Waals surface area contributed by atoms with Gasteiger partial charge in [0.05, 0.1) is 61.5 Å². The van der Waals surface area contributed by atoms with E-state index in [0.29, 0.717) is 16.9 Å². The van der Waals surface area contributed by atoms with Crippen LogP contribution < -0.4 is 10.6 Å². The molecule has 1 unspecified atom stereocenters. The van der Waals surface area contributed by atoms with Crippen LogP contribution in [0.25, 0.3) is 5.65 Å². The van der Waals surface area contributed by atoms with Gasteiger partial charge in [-0.05, 0) is 49.1 Å². The van der Waals surface area contributed by atoms with E-state index >= 15 is 0 Å². The van der Waals surface area contributed by atoms with Crippen LogP contribution in [-0.4, -0.2) is 61.5 Å². The molecule has 10 nitrogen and oxygen atoms in total. The van der Waals surface area contributed by atoms with Gasteiger partial charge in [0.2, 0.25) is 11.8 Å². The van der Waals surface area contributed by atoms with E-state index in [1.165, 1.54) is 27.8 Å². The summed E-state index contributed by atoms with van der Waals surface area (Å²) in [7, 11) is 0. The van der Waals surface area contributed by atoms with E-state index in [2.05, 4.69) is 30.6 Å². The van der Waals surface area contributed by atoms with Crippen LogP contribution in [0, 0.1) is 11.8 Å². The molecule has 2 N–H and O–H groups in total. The topological polar surface area (TPSA) is 115 Å². The Labute approximate surface area is 252 Å². The fourth-order valence-corrected chi connectivity index (χ4v) is 5.53. The molecule has 2 aliphatic carbocycles. The average molecular weight is 648 g/mol. The number of hydrogen-bond acceptors (Lipinski definition) is 6. The number of halogens is 7. The number of carbonyl (C=O) groups excluding carboxylic acids is 2. The van der Waals surface area contributed by atoms with Gasteiger partial charge in [-0.3, -0.25) is 14.3 Å². The van der Waals surface area contributed by atoms with Crippen LogP contribution >= 0.6 is 0 Å². The van der Waals surface area contributed by atoms with Crippen LogP contribution in [-0.2, 0) is 16.1 Å². The van der Waals surface area contributed by atoms with Crippen molar-refractivity contribution in [1.82, 2.24) is 35.0 Å². The maximum absolute atomic E-state index is 14.0. The van der Waals surface area contributed by atoms with Crippen LogP contribution in [0.1, 0.15) is 85.1 Å². The van der Waals surface area contributed by atoms with E-state index in [9.17, 15) is 40.3 Å². The lowest BCUT2D eigenvalue weighted by molar-refractivity contribution is -0.144. The molecule has 246 valence electrons. The van der Waals surface area contributed by atoms with E-state index < -0.39 is 55.5 Å². The Hall–Kier alpha value is -3.76. The molecular formula is C28H32F7N7O3. The van der Waals surface area contributed by atoms with Gasteiger partial charge in [0.15, 0.2) is 5.65 Å². The quantitative estimate of drug-likeness (QED) is 0.241. The Morgan fingerprint density at radius 3 is 2.38 bits per heavy atom. The van der Waals surface area contributed by atoms with E-state index in [1.807, 2.05) is 0 Å². The Balaban J connectivity index is 1.35. The van der Waals surface area contributed by atoms with E-state index in [1.54, 1.807) is 12.3 Å². The molecule has 5 rings (SSSR count). The molecule has 2 saturated carbocycles. The molecule has 3 aromatic heterocycles. The summed E-state index contributed by atoms with van der Waals surface area (Å²) < 4.78 is 97.3. The summed E-state index contributed by atoms with van der Waals surface area (Å²) in [6, 6.07) is 0.316. The van der Waals surface area contributed by atoms with Crippen LogP contribution in [0.15, 0.2) is 30.9 Å². The molecule has 2 atom stereocenters. The van der Waals surface area contributed by atoms with E-state index in [4.69, 9.17) is 0 Å². The lowest BCUT2D eigenvalue weighted by Crippen LogP contribution is -2.37. The van der Waals surface area contributed by atoms with E-state index in [-0.39, 0.29) is 56.2 Å². The van der Waals surface area contributed by atoms with Gasteiger partial charge in [-0.2, -0.15) is 32.1 Å². The van der Waals surface area contributed by atoms with Gasteiger partial charge < -0.3 is 15.4 Å². The standard InChI is InChI=1S/C28H32F7N7O3/c29-26(30)45-10-9-41-14-19(13-36-41)25(44)40-24(17-3-6-27(31,32)7-4-17)20-15-42-21(38-20)11-18(12-37-42)23(16-1-2-16)39-22(43)5-8-28(33,34)35/h11-17,23-24,26H,1-10H2,(H,39,43)(H,40,44)/t23?,24-/m0/s1. The first-order chi connectivity index (χ1) is 21.3. The number of alkyl halides is 7. The predicted molar refractivity (Wildman–Crippen MR) is 143 cm³/mol. The number of imidazole rings is 1. The largest absolute Gasteiger partial charge is 0.389 e. The van der Waals surface area contributed by atoms with E-state index in [0.717, 1.165) is 12.8 Å². The summed E-state index contributed by atoms with van der Waals surface area (Å²) in [6.07, 6.45) is 0.357. The summed E-state index contributed by atoms with van der Waals surface area (Å²) in [5.41, 5.74) is 1.38. The van der Waals surface area contributed by atoms with Crippen LogP contribution in [0.3, 0.4) is 0 Å². The van der Waals surface area contributed by atoms with Crippen LogP contribution in [0.4, 0.5) is 30.7 Å². The Morgan fingerprint density at radius 2 is 1.71 bits per heavy atom. The summed E-state index contributed by atoms with van der Waals surface area (Å²) in [6.45, 7) is -3.29. The van der Waals surface area contributed by atoms with Crippen molar-refractivity contribution in [3.05, 3.63) is 47.7 Å². The summed E-state index contributed by atoms with van der Waals surface area (Å²) in [4.78, 5) is 30.2. The SMILES string of the molecule is O=C(CCC(F)(F)F)NC(c1cnn2cc([C@@H](NC(=O)c3cnn(CCOC(F)F)c3)C3CCC(F)(F)CC3)nc2c1)C1CC1. The van der Waals surface area contributed by atoms with Gasteiger partial charge in [0, 0.05) is 25.5 Å². The molecule has 17 heteroatoms. The van der Waals surface area contributed by atoms with Gasteiger partial charge in [0.25, 0.3) is 5.91 Å². The predicted octanol–water partition coefficient (Wildman–Crippen LogP) is 5.37. The zero-order valence-corrected chi connectivity index (χ0v) is 24.0. The molecule has 45 heavy (non-hydrogen) atoms. The molecule has 2 aliphatic rings. The Morgan fingerprint density at radius 1 is 1.00 bits per heavy atom. The number of nitrogens with zero attached hydrogens (tertiary/aromatic N) is 5. The number of carbonyl (C=O) groups is 2. The maximum Gasteiger partial charge on any atom is 0.389 e. The highest BCUT2D eigenvalue weighted by Gasteiger charge is 2.40. The van der Waals surface area contributed by atoms with Crippen molar-refractivity contribution in [3.63, 3.8) is 0 Å². The first-order valence-corrected chi connectivity index (χ1v) is 14.6. The zero-order chi connectivity index (χ0) is 32.4.